The zero-order valence-electron chi connectivity index (χ0n) is 13.8. The van der Waals surface area contributed by atoms with Gasteiger partial charge in [0.25, 0.3) is 5.91 Å². The van der Waals surface area contributed by atoms with Gasteiger partial charge in [-0.2, -0.15) is 0 Å². The molecule has 0 bridgehead atoms. The smallest absolute Gasteiger partial charge is 0.287 e. The molecule has 2 atom stereocenters. The molecule has 1 fully saturated rings. The SMILES string of the molecule is CC1CCCC(NC(=O)c2ccc(COc3ccc(F)cc3)o2)C1. The van der Waals surface area contributed by atoms with Crippen molar-refractivity contribution in [3.63, 3.8) is 0 Å². The maximum absolute atomic E-state index is 12.8. The van der Waals surface area contributed by atoms with Crippen LogP contribution in [0.2, 0.25) is 0 Å². The first-order chi connectivity index (χ1) is 11.6. The Kier molecular flexibility index (Phi) is 5.18. The van der Waals surface area contributed by atoms with Crippen LogP contribution in [0.4, 0.5) is 4.39 Å². The summed E-state index contributed by atoms with van der Waals surface area (Å²) in [4.78, 5) is 12.3. The number of rotatable bonds is 5. The van der Waals surface area contributed by atoms with Crippen molar-refractivity contribution in [3.8, 4) is 5.75 Å². The predicted molar refractivity (Wildman–Crippen MR) is 88.3 cm³/mol. The minimum absolute atomic E-state index is 0.179. The highest BCUT2D eigenvalue weighted by molar-refractivity contribution is 5.91. The van der Waals surface area contributed by atoms with Crippen LogP contribution in [0.15, 0.2) is 40.8 Å². The molecule has 24 heavy (non-hydrogen) atoms. The van der Waals surface area contributed by atoms with Crippen LogP contribution in [0.5, 0.6) is 5.75 Å². The number of carbonyl (C=O) groups is 1. The topological polar surface area (TPSA) is 51.5 Å². The Bertz CT molecular complexity index is 680. The van der Waals surface area contributed by atoms with Gasteiger partial charge in [-0.1, -0.05) is 19.8 Å². The van der Waals surface area contributed by atoms with Crippen molar-refractivity contribution in [1.82, 2.24) is 5.32 Å². The van der Waals surface area contributed by atoms with Gasteiger partial charge in [-0.15, -0.1) is 0 Å². The third-order valence-corrected chi connectivity index (χ3v) is 4.35. The highest BCUT2D eigenvalue weighted by Gasteiger charge is 2.22. The van der Waals surface area contributed by atoms with Gasteiger partial charge in [-0.3, -0.25) is 4.79 Å². The molecule has 1 amide bonds. The average Bonchev–Trinajstić information content (AvgIpc) is 3.03. The molecule has 1 aromatic heterocycles. The maximum atomic E-state index is 12.8. The van der Waals surface area contributed by atoms with Crippen molar-refractivity contribution >= 4 is 5.91 Å². The van der Waals surface area contributed by atoms with Crippen LogP contribution in [0.1, 0.15) is 48.9 Å². The van der Waals surface area contributed by atoms with E-state index in [0.29, 0.717) is 23.2 Å². The molecule has 3 rings (SSSR count). The molecule has 1 N–H and O–H groups in total. The molecule has 0 spiro atoms. The number of benzene rings is 1. The van der Waals surface area contributed by atoms with Crippen LogP contribution in [0, 0.1) is 11.7 Å². The molecule has 128 valence electrons. The number of amides is 1. The van der Waals surface area contributed by atoms with E-state index in [4.69, 9.17) is 9.15 Å². The summed E-state index contributed by atoms with van der Waals surface area (Å²) in [7, 11) is 0. The molecule has 1 aromatic carbocycles. The van der Waals surface area contributed by atoms with E-state index in [1.165, 1.54) is 18.6 Å². The first-order valence-corrected chi connectivity index (χ1v) is 8.38. The van der Waals surface area contributed by atoms with Crippen molar-refractivity contribution < 1.29 is 18.3 Å². The van der Waals surface area contributed by atoms with Gasteiger partial charge in [0.1, 0.15) is 23.9 Å². The summed E-state index contributed by atoms with van der Waals surface area (Å²) < 4.78 is 23.9. The summed E-state index contributed by atoms with van der Waals surface area (Å²) in [5, 5.41) is 3.04. The van der Waals surface area contributed by atoms with Crippen LogP contribution in [-0.4, -0.2) is 11.9 Å². The monoisotopic (exact) mass is 331 g/mol. The van der Waals surface area contributed by atoms with E-state index in [9.17, 15) is 9.18 Å². The molecular weight excluding hydrogens is 309 g/mol. The van der Waals surface area contributed by atoms with E-state index in [-0.39, 0.29) is 24.4 Å². The zero-order chi connectivity index (χ0) is 16.9. The van der Waals surface area contributed by atoms with Gasteiger partial charge in [0.2, 0.25) is 0 Å². The minimum atomic E-state index is -0.309. The number of furan rings is 1. The second-order valence-electron chi connectivity index (χ2n) is 6.45. The van der Waals surface area contributed by atoms with Gasteiger partial charge in [-0.25, -0.2) is 4.39 Å². The van der Waals surface area contributed by atoms with Gasteiger partial charge in [0.05, 0.1) is 0 Å². The summed E-state index contributed by atoms with van der Waals surface area (Å²) in [6.45, 7) is 2.41. The van der Waals surface area contributed by atoms with Crippen molar-refractivity contribution in [2.45, 2.75) is 45.3 Å². The normalized spacial score (nSPS) is 20.6. The first kappa shape index (κ1) is 16.6. The van der Waals surface area contributed by atoms with E-state index in [1.807, 2.05) is 0 Å². The molecule has 1 heterocycles. The second-order valence-corrected chi connectivity index (χ2v) is 6.45. The second kappa shape index (κ2) is 7.51. The molecule has 0 radical (unpaired) electrons. The fourth-order valence-electron chi connectivity index (χ4n) is 3.08. The molecule has 0 saturated heterocycles. The number of nitrogens with one attached hydrogen (secondary N) is 1. The Morgan fingerprint density at radius 3 is 2.79 bits per heavy atom. The molecule has 2 unspecified atom stereocenters. The highest BCUT2D eigenvalue weighted by Crippen LogP contribution is 2.24. The molecule has 5 heteroatoms. The molecule has 0 aliphatic heterocycles. The Hall–Kier alpha value is -2.30. The lowest BCUT2D eigenvalue weighted by atomic mass is 9.87. The summed E-state index contributed by atoms with van der Waals surface area (Å²) in [6.07, 6.45) is 4.43. The van der Waals surface area contributed by atoms with Crippen molar-refractivity contribution in [3.05, 3.63) is 53.7 Å². The average molecular weight is 331 g/mol. The number of ether oxygens (including phenoxy) is 1. The van der Waals surface area contributed by atoms with Gasteiger partial charge in [0.15, 0.2) is 5.76 Å². The van der Waals surface area contributed by atoms with E-state index < -0.39 is 0 Å². The van der Waals surface area contributed by atoms with E-state index in [1.54, 1.807) is 24.3 Å². The molecule has 1 aliphatic carbocycles. The number of halogens is 1. The Morgan fingerprint density at radius 2 is 2.04 bits per heavy atom. The number of carbonyl (C=O) groups excluding carboxylic acids is 1. The van der Waals surface area contributed by atoms with Crippen LogP contribution in [0.25, 0.3) is 0 Å². The van der Waals surface area contributed by atoms with Gasteiger partial charge in [-0.05, 0) is 55.2 Å². The fraction of sp³-hybridized carbons (Fsp3) is 0.421. The molecule has 2 aromatic rings. The van der Waals surface area contributed by atoms with E-state index in [2.05, 4.69) is 12.2 Å². The Morgan fingerprint density at radius 1 is 1.25 bits per heavy atom. The van der Waals surface area contributed by atoms with Gasteiger partial charge >= 0.3 is 0 Å². The summed E-state index contributed by atoms with van der Waals surface area (Å²) in [6, 6.07) is 9.38. The van der Waals surface area contributed by atoms with Crippen LogP contribution in [-0.2, 0) is 6.61 Å². The van der Waals surface area contributed by atoms with E-state index >= 15 is 0 Å². The number of hydrogen-bond donors (Lipinski definition) is 1. The van der Waals surface area contributed by atoms with Crippen LogP contribution < -0.4 is 10.1 Å². The Labute approximate surface area is 141 Å². The van der Waals surface area contributed by atoms with E-state index in [0.717, 1.165) is 19.3 Å². The molecule has 1 saturated carbocycles. The lowest BCUT2D eigenvalue weighted by Gasteiger charge is -2.27. The van der Waals surface area contributed by atoms with Crippen LogP contribution >= 0.6 is 0 Å². The minimum Gasteiger partial charge on any atom is -0.486 e. The van der Waals surface area contributed by atoms with Crippen molar-refractivity contribution in [2.75, 3.05) is 0 Å². The summed E-state index contributed by atoms with van der Waals surface area (Å²) in [5.74, 6) is 1.57. The standard InChI is InChI=1S/C19H22FNO3/c1-13-3-2-4-15(11-13)21-19(22)18-10-9-17(24-18)12-23-16-7-5-14(20)6-8-16/h5-10,13,15H,2-4,11-12H2,1H3,(H,21,22). The van der Waals surface area contributed by atoms with Gasteiger partial charge < -0.3 is 14.5 Å². The highest BCUT2D eigenvalue weighted by atomic mass is 19.1. The first-order valence-electron chi connectivity index (χ1n) is 8.38. The quantitative estimate of drug-likeness (QED) is 0.888. The lowest BCUT2D eigenvalue weighted by Crippen LogP contribution is -2.37. The van der Waals surface area contributed by atoms with Crippen molar-refractivity contribution in [1.29, 1.82) is 0 Å². The Balaban J connectivity index is 1.52. The summed E-state index contributed by atoms with van der Waals surface area (Å²) >= 11 is 0. The third kappa shape index (κ3) is 4.37. The maximum Gasteiger partial charge on any atom is 0.287 e. The molecule has 4 nitrogen and oxygen atoms in total. The fourth-order valence-corrected chi connectivity index (χ4v) is 3.08. The van der Waals surface area contributed by atoms with Gasteiger partial charge in [0, 0.05) is 6.04 Å². The van der Waals surface area contributed by atoms with Crippen molar-refractivity contribution in [2.24, 2.45) is 5.92 Å². The molecular formula is C19H22FNO3. The largest absolute Gasteiger partial charge is 0.486 e. The lowest BCUT2D eigenvalue weighted by molar-refractivity contribution is 0.0889. The van der Waals surface area contributed by atoms with Crippen LogP contribution in [0.3, 0.4) is 0 Å². The number of hydrogen-bond acceptors (Lipinski definition) is 3. The third-order valence-electron chi connectivity index (χ3n) is 4.35. The zero-order valence-corrected chi connectivity index (χ0v) is 13.8. The summed E-state index contributed by atoms with van der Waals surface area (Å²) in [5.41, 5.74) is 0. The molecule has 1 aliphatic rings. The predicted octanol–water partition coefficient (Wildman–Crippen LogP) is 4.31.